The van der Waals surface area contributed by atoms with Gasteiger partial charge in [-0.1, -0.05) is 6.07 Å². The third-order valence-electron chi connectivity index (χ3n) is 1.66. The summed E-state index contributed by atoms with van der Waals surface area (Å²) in [6.07, 6.45) is 0. The molecular formula is C9H16N4S. The molecule has 1 aromatic rings. The molecular weight excluding hydrogens is 196 g/mol. The number of thioether (sulfide) groups is 1. The zero-order valence-electron chi connectivity index (χ0n) is 8.53. The molecule has 14 heavy (non-hydrogen) atoms. The average molecular weight is 212 g/mol. The van der Waals surface area contributed by atoms with Crippen LogP contribution in [0.15, 0.2) is 23.2 Å². The molecule has 0 amide bonds. The Hall–Kier alpha value is -0.780. The minimum Gasteiger partial charge on any atom is -0.309 e. The van der Waals surface area contributed by atoms with Crippen molar-refractivity contribution < 1.29 is 0 Å². The van der Waals surface area contributed by atoms with Crippen molar-refractivity contribution in [2.45, 2.75) is 5.03 Å². The van der Waals surface area contributed by atoms with Gasteiger partial charge in [0.15, 0.2) is 0 Å². The van der Waals surface area contributed by atoms with Crippen LogP contribution in [0.2, 0.25) is 0 Å². The Kier molecular flexibility index (Phi) is 4.72. The number of nitrogens with two attached hydrogens (primary N) is 1. The molecule has 0 aliphatic rings. The maximum absolute atomic E-state index is 5.27. The number of nitrogens with zero attached hydrogens (tertiary/aromatic N) is 2. The van der Waals surface area contributed by atoms with Crippen LogP contribution in [0.5, 0.6) is 0 Å². The zero-order valence-corrected chi connectivity index (χ0v) is 9.34. The summed E-state index contributed by atoms with van der Waals surface area (Å²) in [6.45, 7) is 1.05. The van der Waals surface area contributed by atoms with Crippen molar-refractivity contribution in [2.75, 3.05) is 31.8 Å². The first-order valence-electron chi connectivity index (χ1n) is 4.43. The van der Waals surface area contributed by atoms with Crippen molar-refractivity contribution in [1.29, 1.82) is 0 Å². The number of anilines is 1. The van der Waals surface area contributed by atoms with Crippen LogP contribution in [0.3, 0.4) is 0 Å². The molecule has 0 saturated heterocycles. The fraction of sp³-hybridized carbons (Fsp3) is 0.444. The normalized spacial score (nSPS) is 10.6. The fourth-order valence-corrected chi connectivity index (χ4v) is 1.91. The number of hydrazine groups is 1. The highest BCUT2D eigenvalue weighted by Gasteiger charge is 1.97. The Balaban J connectivity index is 2.42. The number of hydrogen-bond donors (Lipinski definition) is 2. The molecule has 0 bridgehead atoms. The van der Waals surface area contributed by atoms with Crippen molar-refractivity contribution in [3.8, 4) is 0 Å². The second kappa shape index (κ2) is 5.85. The van der Waals surface area contributed by atoms with Crippen molar-refractivity contribution in [2.24, 2.45) is 5.84 Å². The zero-order chi connectivity index (χ0) is 10.4. The second-order valence-corrected chi connectivity index (χ2v) is 4.27. The molecule has 0 unspecified atom stereocenters. The van der Waals surface area contributed by atoms with E-state index in [9.17, 15) is 0 Å². The third-order valence-corrected chi connectivity index (χ3v) is 2.57. The number of nitrogens with one attached hydrogen (secondary N) is 1. The summed E-state index contributed by atoms with van der Waals surface area (Å²) in [5.41, 5.74) is 2.53. The van der Waals surface area contributed by atoms with Crippen LogP contribution in [0.25, 0.3) is 0 Å². The van der Waals surface area contributed by atoms with E-state index in [1.54, 1.807) is 11.8 Å². The van der Waals surface area contributed by atoms with E-state index in [0.717, 1.165) is 17.3 Å². The number of pyridine rings is 1. The molecule has 0 aliphatic heterocycles. The topological polar surface area (TPSA) is 54.2 Å². The van der Waals surface area contributed by atoms with Crippen LogP contribution in [0.4, 0.5) is 5.82 Å². The van der Waals surface area contributed by atoms with Crippen LogP contribution in [-0.4, -0.2) is 36.3 Å². The fourth-order valence-electron chi connectivity index (χ4n) is 0.908. The highest BCUT2D eigenvalue weighted by molar-refractivity contribution is 7.99. The summed E-state index contributed by atoms with van der Waals surface area (Å²) >= 11 is 1.73. The van der Waals surface area contributed by atoms with Gasteiger partial charge in [0.1, 0.15) is 5.82 Å². The molecule has 4 nitrogen and oxygen atoms in total. The van der Waals surface area contributed by atoms with Crippen LogP contribution in [-0.2, 0) is 0 Å². The lowest BCUT2D eigenvalue weighted by Crippen LogP contribution is -2.14. The van der Waals surface area contributed by atoms with Gasteiger partial charge in [-0.25, -0.2) is 10.8 Å². The summed E-state index contributed by atoms with van der Waals surface area (Å²) in [5, 5.41) is 1.00. The Labute approximate surface area is 88.9 Å². The van der Waals surface area contributed by atoms with E-state index >= 15 is 0 Å². The van der Waals surface area contributed by atoms with Gasteiger partial charge in [-0.05, 0) is 26.2 Å². The second-order valence-electron chi connectivity index (χ2n) is 3.16. The first kappa shape index (κ1) is 11.3. The van der Waals surface area contributed by atoms with Crippen LogP contribution in [0, 0.1) is 0 Å². The maximum Gasteiger partial charge on any atom is 0.141 e. The van der Waals surface area contributed by atoms with Gasteiger partial charge in [0, 0.05) is 12.3 Å². The summed E-state index contributed by atoms with van der Waals surface area (Å²) in [5.74, 6) is 7.01. The van der Waals surface area contributed by atoms with Gasteiger partial charge in [-0.2, -0.15) is 0 Å². The highest BCUT2D eigenvalue weighted by Crippen LogP contribution is 2.16. The Morgan fingerprint density at radius 3 is 2.93 bits per heavy atom. The molecule has 78 valence electrons. The van der Waals surface area contributed by atoms with Crippen LogP contribution >= 0.6 is 11.8 Å². The maximum atomic E-state index is 5.27. The molecule has 5 heteroatoms. The smallest absolute Gasteiger partial charge is 0.141 e. The number of aromatic nitrogens is 1. The number of rotatable bonds is 5. The van der Waals surface area contributed by atoms with Gasteiger partial charge in [-0.3, -0.25) is 0 Å². The Morgan fingerprint density at radius 1 is 1.50 bits per heavy atom. The molecule has 0 fully saturated rings. The van der Waals surface area contributed by atoms with E-state index in [1.807, 2.05) is 18.2 Å². The first-order valence-corrected chi connectivity index (χ1v) is 5.42. The van der Waals surface area contributed by atoms with Gasteiger partial charge in [0.2, 0.25) is 0 Å². The van der Waals surface area contributed by atoms with Crippen molar-refractivity contribution in [3.63, 3.8) is 0 Å². The number of nitrogen functional groups attached to an aromatic ring is 1. The largest absolute Gasteiger partial charge is 0.309 e. The Morgan fingerprint density at radius 2 is 2.29 bits per heavy atom. The molecule has 0 aromatic carbocycles. The van der Waals surface area contributed by atoms with E-state index in [0.29, 0.717) is 5.82 Å². The molecule has 1 aromatic heterocycles. The third kappa shape index (κ3) is 3.95. The van der Waals surface area contributed by atoms with E-state index in [-0.39, 0.29) is 0 Å². The highest BCUT2D eigenvalue weighted by atomic mass is 32.2. The van der Waals surface area contributed by atoms with E-state index in [4.69, 9.17) is 5.84 Å². The first-order chi connectivity index (χ1) is 6.72. The molecule has 0 radical (unpaired) electrons. The van der Waals surface area contributed by atoms with Gasteiger partial charge in [0.25, 0.3) is 0 Å². The van der Waals surface area contributed by atoms with Gasteiger partial charge >= 0.3 is 0 Å². The van der Waals surface area contributed by atoms with Gasteiger partial charge < -0.3 is 10.3 Å². The summed E-state index contributed by atoms with van der Waals surface area (Å²) < 4.78 is 0. The molecule has 3 N–H and O–H groups in total. The van der Waals surface area contributed by atoms with Crippen LogP contribution < -0.4 is 11.3 Å². The van der Waals surface area contributed by atoms with Gasteiger partial charge in [-0.15, -0.1) is 11.8 Å². The van der Waals surface area contributed by atoms with E-state index in [1.165, 1.54) is 0 Å². The Bertz CT molecular complexity index is 277. The quantitative estimate of drug-likeness (QED) is 0.433. The van der Waals surface area contributed by atoms with Crippen molar-refractivity contribution >= 4 is 17.6 Å². The van der Waals surface area contributed by atoms with Gasteiger partial charge in [0.05, 0.1) is 5.03 Å². The lowest BCUT2D eigenvalue weighted by atomic mass is 10.5. The standard InChI is InChI=1S/C9H16N4S/c1-13(2)6-7-14-9-5-3-4-8(11-9)12-10/h3-5H,6-7,10H2,1-2H3,(H,11,12). The predicted octanol–water partition coefficient (Wildman–Crippen LogP) is 1.02. The molecule has 1 heterocycles. The average Bonchev–Trinajstić information content (AvgIpc) is 2.18. The molecule has 0 aliphatic carbocycles. The summed E-state index contributed by atoms with van der Waals surface area (Å²) in [4.78, 5) is 6.45. The molecule has 1 rings (SSSR count). The molecule has 0 spiro atoms. The minimum absolute atomic E-state index is 0.708. The lowest BCUT2D eigenvalue weighted by molar-refractivity contribution is 0.437. The summed E-state index contributed by atoms with van der Waals surface area (Å²) in [6, 6.07) is 5.78. The SMILES string of the molecule is CN(C)CCSc1cccc(NN)n1. The van der Waals surface area contributed by atoms with Crippen molar-refractivity contribution in [3.05, 3.63) is 18.2 Å². The van der Waals surface area contributed by atoms with Crippen molar-refractivity contribution in [1.82, 2.24) is 9.88 Å². The lowest BCUT2D eigenvalue weighted by Gasteiger charge is -2.08. The van der Waals surface area contributed by atoms with Crippen LogP contribution in [0.1, 0.15) is 0 Å². The minimum atomic E-state index is 0.708. The number of hydrogen-bond acceptors (Lipinski definition) is 5. The van der Waals surface area contributed by atoms with E-state index < -0.39 is 0 Å². The van der Waals surface area contributed by atoms with E-state index in [2.05, 4.69) is 29.4 Å². The molecule has 0 saturated carbocycles. The summed E-state index contributed by atoms with van der Waals surface area (Å²) in [7, 11) is 4.12. The monoisotopic (exact) mass is 212 g/mol. The molecule has 0 atom stereocenters. The predicted molar refractivity (Wildman–Crippen MR) is 61.3 cm³/mol.